The van der Waals surface area contributed by atoms with E-state index in [1.54, 1.807) is 24.4 Å². The molecule has 0 fully saturated rings. The summed E-state index contributed by atoms with van der Waals surface area (Å²) in [6, 6.07) is 7.27. The highest BCUT2D eigenvalue weighted by Gasteiger charge is 1.99. The van der Waals surface area contributed by atoms with Gasteiger partial charge in [-0.15, -0.1) is 17.5 Å². The molecule has 1 aromatic heterocycles. The molecule has 0 spiro atoms. The van der Waals surface area contributed by atoms with E-state index in [1.807, 2.05) is 6.07 Å². The van der Waals surface area contributed by atoms with E-state index in [-0.39, 0.29) is 12.4 Å². The minimum atomic E-state index is 0. The summed E-state index contributed by atoms with van der Waals surface area (Å²) in [5.74, 6) is 0.391. The fourth-order valence-electron chi connectivity index (χ4n) is 1.18. The molecule has 1 aromatic carbocycles. The molecule has 70 valence electrons. The Morgan fingerprint density at radius 1 is 1.36 bits per heavy atom. The number of aromatic nitrogens is 2. The number of nitrogens with two attached hydrogens (primary N) is 1. The molecule has 0 bridgehead atoms. The van der Waals surface area contributed by atoms with Crippen molar-refractivity contribution in [2.45, 2.75) is 0 Å². The highest BCUT2D eigenvalue weighted by atomic mass is 35.5. The minimum absolute atomic E-state index is 0. The Morgan fingerprint density at radius 3 is 2.86 bits per heavy atom. The van der Waals surface area contributed by atoms with E-state index >= 15 is 0 Å². The first-order chi connectivity index (χ1) is 6.31. The van der Waals surface area contributed by atoms with Crippen molar-refractivity contribution in [1.82, 2.24) is 10.2 Å². The van der Waals surface area contributed by atoms with Crippen LogP contribution in [-0.2, 0) is 0 Å². The average Bonchev–Trinajstić information content (AvgIpc) is 2.18. The fraction of sp³-hybridized carbons (Fsp3) is 0. The van der Waals surface area contributed by atoms with Gasteiger partial charge in [-0.3, -0.25) is 0 Å². The number of halogens is 1. The van der Waals surface area contributed by atoms with Crippen LogP contribution in [0.4, 0.5) is 5.82 Å². The van der Waals surface area contributed by atoms with Gasteiger partial charge in [0.05, 0.1) is 17.8 Å². The Labute approximate surface area is 86.8 Å². The number of hydrogen-bond donors (Lipinski definition) is 1. The first-order valence-electron chi connectivity index (χ1n) is 3.72. The predicted octanol–water partition coefficient (Wildman–Crippen LogP) is 1.51. The molecular weight excluding hydrogens is 200 g/mol. The summed E-state index contributed by atoms with van der Waals surface area (Å²) in [7, 11) is 0. The Kier molecular flexibility index (Phi) is 2.85. The number of fused-ring (bicyclic) bond motifs is 1. The highest BCUT2D eigenvalue weighted by molar-refractivity contribution is 5.90. The third-order valence-electron chi connectivity index (χ3n) is 1.82. The van der Waals surface area contributed by atoms with Crippen molar-refractivity contribution in [3.05, 3.63) is 30.0 Å². The van der Waals surface area contributed by atoms with E-state index < -0.39 is 0 Å². The van der Waals surface area contributed by atoms with Gasteiger partial charge < -0.3 is 5.73 Å². The van der Waals surface area contributed by atoms with Gasteiger partial charge in [0.2, 0.25) is 0 Å². The third kappa shape index (κ3) is 1.58. The maximum absolute atomic E-state index is 8.65. The molecule has 0 aliphatic carbocycles. The SMILES string of the molecule is Cl.N#Cc1ccc2c(N)nncc2c1. The van der Waals surface area contributed by atoms with E-state index in [4.69, 9.17) is 11.0 Å². The van der Waals surface area contributed by atoms with Gasteiger partial charge >= 0.3 is 0 Å². The van der Waals surface area contributed by atoms with Gasteiger partial charge in [0.25, 0.3) is 0 Å². The molecule has 1 heterocycles. The molecule has 2 N–H and O–H groups in total. The zero-order chi connectivity index (χ0) is 9.26. The molecule has 0 atom stereocenters. The smallest absolute Gasteiger partial charge is 0.153 e. The normalized spacial score (nSPS) is 9.07. The van der Waals surface area contributed by atoms with Gasteiger partial charge in [-0.2, -0.15) is 10.4 Å². The molecular formula is C9H7ClN4. The van der Waals surface area contributed by atoms with Crippen LogP contribution in [0.2, 0.25) is 0 Å². The minimum Gasteiger partial charge on any atom is -0.382 e. The number of nitrogen functional groups attached to an aromatic ring is 1. The number of anilines is 1. The molecule has 0 saturated heterocycles. The van der Waals surface area contributed by atoms with Gasteiger partial charge in [-0.05, 0) is 18.2 Å². The van der Waals surface area contributed by atoms with E-state index in [0.717, 1.165) is 10.8 Å². The number of nitrogens with zero attached hydrogens (tertiary/aromatic N) is 3. The van der Waals surface area contributed by atoms with Crippen LogP contribution in [0.5, 0.6) is 0 Å². The van der Waals surface area contributed by atoms with E-state index in [0.29, 0.717) is 11.4 Å². The summed E-state index contributed by atoms with van der Waals surface area (Å²) in [6.07, 6.45) is 1.59. The number of benzene rings is 1. The van der Waals surface area contributed by atoms with Crippen LogP contribution in [0, 0.1) is 11.3 Å². The van der Waals surface area contributed by atoms with Gasteiger partial charge in [-0.1, -0.05) is 0 Å². The molecule has 4 nitrogen and oxygen atoms in total. The topological polar surface area (TPSA) is 75.6 Å². The monoisotopic (exact) mass is 206 g/mol. The average molecular weight is 207 g/mol. The second-order valence-electron chi connectivity index (χ2n) is 2.64. The molecule has 0 aliphatic heterocycles. The zero-order valence-corrected chi connectivity index (χ0v) is 7.95. The molecule has 14 heavy (non-hydrogen) atoms. The summed E-state index contributed by atoms with van der Waals surface area (Å²) in [5, 5.41) is 17.7. The van der Waals surface area contributed by atoms with Crippen LogP contribution in [0.15, 0.2) is 24.4 Å². The fourth-order valence-corrected chi connectivity index (χ4v) is 1.18. The van der Waals surface area contributed by atoms with Gasteiger partial charge in [0.1, 0.15) is 0 Å². The summed E-state index contributed by atoms with van der Waals surface area (Å²) < 4.78 is 0. The zero-order valence-electron chi connectivity index (χ0n) is 7.14. The Bertz CT molecular complexity index is 504. The van der Waals surface area contributed by atoms with Crippen molar-refractivity contribution in [3.8, 4) is 6.07 Å². The Balaban J connectivity index is 0.000000980. The summed E-state index contributed by atoms with van der Waals surface area (Å²) in [4.78, 5) is 0. The number of nitriles is 1. The summed E-state index contributed by atoms with van der Waals surface area (Å²) >= 11 is 0. The first kappa shape index (κ1) is 10.2. The van der Waals surface area contributed by atoms with E-state index in [9.17, 15) is 0 Å². The van der Waals surface area contributed by atoms with Crippen molar-refractivity contribution in [2.75, 3.05) is 5.73 Å². The van der Waals surface area contributed by atoms with Crippen molar-refractivity contribution in [3.63, 3.8) is 0 Å². The van der Waals surface area contributed by atoms with Crippen LogP contribution in [0.1, 0.15) is 5.56 Å². The summed E-state index contributed by atoms with van der Waals surface area (Å²) in [6.45, 7) is 0. The van der Waals surface area contributed by atoms with Crippen LogP contribution in [0.3, 0.4) is 0 Å². The van der Waals surface area contributed by atoms with Crippen molar-refractivity contribution in [2.24, 2.45) is 0 Å². The van der Waals surface area contributed by atoms with Crippen molar-refractivity contribution >= 4 is 29.0 Å². The lowest BCUT2D eigenvalue weighted by molar-refractivity contribution is 1.06. The van der Waals surface area contributed by atoms with Crippen LogP contribution in [-0.4, -0.2) is 10.2 Å². The third-order valence-corrected chi connectivity index (χ3v) is 1.82. The Morgan fingerprint density at radius 2 is 2.14 bits per heavy atom. The number of rotatable bonds is 0. The van der Waals surface area contributed by atoms with Gasteiger partial charge in [-0.25, -0.2) is 0 Å². The highest BCUT2D eigenvalue weighted by Crippen LogP contribution is 2.18. The molecule has 0 amide bonds. The molecule has 2 aromatic rings. The molecule has 2 rings (SSSR count). The van der Waals surface area contributed by atoms with Crippen molar-refractivity contribution in [1.29, 1.82) is 5.26 Å². The van der Waals surface area contributed by atoms with Crippen molar-refractivity contribution < 1.29 is 0 Å². The van der Waals surface area contributed by atoms with E-state index in [2.05, 4.69) is 10.2 Å². The first-order valence-corrected chi connectivity index (χ1v) is 3.72. The van der Waals surface area contributed by atoms with Crippen LogP contribution < -0.4 is 5.73 Å². The second-order valence-corrected chi connectivity index (χ2v) is 2.64. The largest absolute Gasteiger partial charge is 0.382 e. The van der Waals surface area contributed by atoms with Gasteiger partial charge in [0.15, 0.2) is 5.82 Å². The molecule has 0 aliphatic rings. The lowest BCUT2D eigenvalue weighted by atomic mass is 10.1. The maximum Gasteiger partial charge on any atom is 0.153 e. The maximum atomic E-state index is 8.65. The van der Waals surface area contributed by atoms with E-state index in [1.165, 1.54) is 0 Å². The van der Waals surface area contributed by atoms with Gasteiger partial charge in [0, 0.05) is 10.8 Å². The predicted molar refractivity (Wildman–Crippen MR) is 55.9 cm³/mol. The molecule has 0 radical (unpaired) electrons. The number of hydrogen-bond acceptors (Lipinski definition) is 4. The quantitative estimate of drug-likeness (QED) is 0.709. The van der Waals surface area contributed by atoms with Crippen LogP contribution >= 0.6 is 12.4 Å². The second kappa shape index (κ2) is 3.90. The summed E-state index contributed by atoms with van der Waals surface area (Å²) in [5.41, 5.74) is 6.19. The Hall–Kier alpha value is -1.86. The molecule has 0 unspecified atom stereocenters. The standard InChI is InChI=1S/C9H6N4.ClH/c10-4-6-1-2-8-7(3-6)5-12-13-9(8)11;/h1-3,5H,(H2,11,13);1H. The molecule has 5 heteroatoms. The van der Waals surface area contributed by atoms with Crippen LogP contribution in [0.25, 0.3) is 10.8 Å². The lowest BCUT2D eigenvalue weighted by Crippen LogP contribution is -1.93. The molecule has 0 saturated carbocycles. The lowest BCUT2D eigenvalue weighted by Gasteiger charge is -1.98.